The first-order valence-corrected chi connectivity index (χ1v) is 14.9. The first kappa shape index (κ1) is 29.9. The van der Waals surface area contributed by atoms with E-state index in [0.717, 1.165) is 38.4 Å². The Labute approximate surface area is 232 Å². The number of carbonyl (C=O) groups is 2. The van der Waals surface area contributed by atoms with Crippen molar-refractivity contribution in [3.05, 3.63) is 101 Å². The number of anilines is 1. The molecule has 0 saturated carbocycles. The van der Waals surface area contributed by atoms with Crippen LogP contribution in [0, 0.1) is 20.8 Å². The lowest BCUT2D eigenvalue weighted by atomic mass is 10.0. The van der Waals surface area contributed by atoms with Gasteiger partial charge in [-0.2, -0.15) is 0 Å². The van der Waals surface area contributed by atoms with Crippen molar-refractivity contribution >= 4 is 27.5 Å². The molecule has 2 amide bonds. The van der Waals surface area contributed by atoms with E-state index in [1.165, 1.54) is 4.90 Å². The number of amides is 2. The van der Waals surface area contributed by atoms with Crippen LogP contribution in [-0.2, 0) is 32.6 Å². The van der Waals surface area contributed by atoms with Gasteiger partial charge in [-0.3, -0.25) is 13.9 Å². The molecule has 39 heavy (non-hydrogen) atoms. The number of aryl methyl sites for hydroxylation is 3. The zero-order chi connectivity index (χ0) is 28.7. The van der Waals surface area contributed by atoms with Crippen molar-refractivity contribution in [1.82, 2.24) is 10.2 Å². The van der Waals surface area contributed by atoms with Crippen LogP contribution < -0.4 is 9.62 Å². The zero-order valence-corrected chi connectivity index (χ0v) is 24.5. The predicted octanol–water partition coefficient (Wildman–Crippen LogP) is 4.54. The van der Waals surface area contributed by atoms with Crippen LogP contribution in [0.3, 0.4) is 0 Å². The highest BCUT2D eigenvalue weighted by Crippen LogP contribution is 2.25. The van der Waals surface area contributed by atoms with Gasteiger partial charge in [-0.25, -0.2) is 8.42 Å². The number of rotatable bonds is 11. The van der Waals surface area contributed by atoms with Gasteiger partial charge in [0.15, 0.2) is 0 Å². The van der Waals surface area contributed by atoms with Gasteiger partial charge in [0, 0.05) is 19.0 Å². The summed E-state index contributed by atoms with van der Waals surface area (Å²) in [4.78, 5) is 29.3. The number of carbonyl (C=O) groups excluding carboxylic acids is 2. The van der Waals surface area contributed by atoms with Gasteiger partial charge in [0.1, 0.15) is 12.6 Å². The highest BCUT2D eigenvalue weighted by atomic mass is 32.2. The average molecular weight is 550 g/mol. The topological polar surface area (TPSA) is 86.8 Å². The number of nitrogens with zero attached hydrogens (tertiary/aromatic N) is 2. The summed E-state index contributed by atoms with van der Waals surface area (Å²) in [5.74, 6) is -0.738. The lowest BCUT2D eigenvalue weighted by molar-refractivity contribution is -0.140. The van der Waals surface area contributed by atoms with Crippen molar-refractivity contribution in [3.8, 4) is 0 Å². The smallest absolute Gasteiger partial charge is 0.244 e. The van der Waals surface area contributed by atoms with Crippen LogP contribution in [0.1, 0.15) is 41.7 Å². The van der Waals surface area contributed by atoms with Gasteiger partial charge in [-0.05, 0) is 68.5 Å². The number of hydrogen-bond acceptors (Lipinski definition) is 4. The number of benzene rings is 3. The summed E-state index contributed by atoms with van der Waals surface area (Å²) in [6.07, 6.45) is 1.39. The van der Waals surface area contributed by atoms with E-state index in [2.05, 4.69) is 5.32 Å². The minimum atomic E-state index is -3.81. The monoisotopic (exact) mass is 549 g/mol. The lowest BCUT2D eigenvalue weighted by Gasteiger charge is -2.34. The summed E-state index contributed by atoms with van der Waals surface area (Å²) in [5.41, 5.74) is 4.84. The second kappa shape index (κ2) is 12.9. The van der Waals surface area contributed by atoms with Crippen LogP contribution in [0.5, 0.6) is 0 Å². The number of nitrogens with one attached hydrogen (secondary N) is 1. The SMILES string of the molecule is Cc1ccc(C)c(N(CC(=O)N(Cc2ccccc2C)[C@@H](Cc2ccccc2)C(=O)NC(C)C)S(C)(=O)=O)c1. The van der Waals surface area contributed by atoms with E-state index in [1.54, 1.807) is 6.07 Å². The largest absolute Gasteiger partial charge is 0.352 e. The third-order valence-corrected chi connectivity index (χ3v) is 7.74. The molecular weight excluding hydrogens is 510 g/mol. The Bertz CT molecular complexity index is 1400. The van der Waals surface area contributed by atoms with Crippen molar-refractivity contribution < 1.29 is 18.0 Å². The third-order valence-electron chi connectivity index (χ3n) is 6.62. The van der Waals surface area contributed by atoms with E-state index in [0.29, 0.717) is 12.1 Å². The predicted molar refractivity (Wildman–Crippen MR) is 157 cm³/mol. The van der Waals surface area contributed by atoms with Gasteiger partial charge in [-0.15, -0.1) is 0 Å². The minimum Gasteiger partial charge on any atom is -0.352 e. The Hall–Kier alpha value is -3.65. The average Bonchev–Trinajstić information content (AvgIpc) is 2.86. The molecule has 0 unspecified atom stereocenters. The number of hydrogen-bond donors (Lipinski definition) is 1. The molecule has 0 aromatic heterocycles. The van der Waals surface area contributed by atoms with E-state index in [1.807, 2.05) is 101 Å². The van der Waals surface area contributed by atoms with Crippen molar-refractivity contribution in [2.75, 3.05) is 17.1 Å². The summed E-state index contributed by atoms with van der Waals surface area (Å²) in [7, 11) is -3.81. The van der Waals surface area contributed by atoms with Crippen molar-refractivity contribution in [3.63, 3.8) is 0 Å². The molecule has 3 rings (SSSR count). The molecule has 0 aliphatic carbocycles. The Morgan fingerprint density at radius 3 is 2.13 bits per heavy atom. The Balaban J connectivity index is 2.09. The zero-order valence-electron chi connectivity index (χ0n) is 23.6. The van der Waals surface area contributed by atoms with Crippen LogP contribution in [0.2, 0.25) is 0 Å². The summed E-state index contributed by atoms with van der Waals surface area (Å²) in [6, 6.07) is 21.8. The minimum absolute atomic E-state index is 0.131. The van der Waals surface area contributed by atoms with E-state index in [-0.39, 0.29) is 18.5 Å². The summed E-state index contributed by atoms with van der Waals surface area (Å²) < 4.78 is 27.1. The fourth-order valence-electron chi connectivity index (χ4n) is 4.49. The molecule has 0 bridgehead atoms. The Morgan fingerprint density at radius 1 is 0.872 bits per heavy atom. The molecule has 0 heterocycles. The Kier molecular flexibility index (Phi) is 9.92. The molecule has 3 aromatic carbocycles. The molecule has 1 atom stereocenters. The van der Waals surface area contributed by atoms with Gasteiger partial charge in [-0.1, -0.05) is 66.7 Å². The van der Waals surface area contributed by atoms with Gasteiger partial charge in [0.25, 0.3) is 0 Å². The molecule has 8 heteroatoms. The van der Waals surface area contributed by atoms with Crippen LogP contribution in [-0.4, -0.2) is 50.0 Å². The van der Waals surface area contributed by atoms with Gasteiger partial charge in [0.2, 0.25) is 21.8 Å². The summed E-state index contributed by atoms with van der Waals surface area (Å²) >= 11 is 0. The van der Waals surface area contributed by atoms with E-state index in [4.69, 9.17) is 0 Å². The molecule has 0 saturated heterocycles. The first-order chi connectivity index (χ1) is 18.4. The quantitative estimate of drug-likeness (QED) is 0.380. The second-order valence-electron chi connectivity index (χ2n) is 10.4. The fourth-order valence-corrected chi connectivity index (χ4v) is 5.39. The maximum Gasteiger partial charge on any atom is 0.244 e. The maximum absolute atomic E-state index is 14.1. The molecule has 7 nitrogen and oxygen atoms in total. The second-order valence-corrected chi connectivity index (χ2v) is 12.3. The molecule has 3 aromatic rings. The van der Waals surface area contributed by atoms with Crippen LogP contribution in [0.25, 0.3) is 0 Å². The summed E-state index contributed by atoms with van der Waals surface area (Å²) in [6.45, 7) is 9.14. The molecule has 1 N–H and O–H groups in total. The first-order valence-electron chi connectivity index (χ1n) is 13.1. The maximum atomic E-state index is 14.1. The fraction of sp³-hybridized carbons (Fsp3) is 0.355. The van der Waals surface area contributed by atoms with Gasteiger partial charge >= 0.3 is 0 Å². The van der Waals surface area contributed by atoms with E-state index in [9.17, 15) is 18.0 Å². The lowest BCUT2D eigenvalue weighted by Crippen LogP contribution is -2.54. The molecule has 0 spiro atoms. The normalized spacial score (nSPS) is 12.2. The van der Waals surface area contributed by atoms with Crippen molar-refractivity contribution in [2.45, 2.75) is 59.7 Å². The highest BCUT2D eigenvalue weighted by Gasteiger charge is 2.33. The Morgan fingerprint density at radius 2 is 1.51 bits per heavy atom. The molecule has 0 radical (unpaired) electrons. The molecule has 0 fully saturated rings. The third kappa shape index (κ3) is 8.17. The van der Waals surface area contributed by atoms with Crippen LogP contribution in [0.15, 0.2) is 72.8 Å². The van der Waals surface area contributed by atoms with Crippen molar-refractivity contribution in [1.29, 1.82) is 0 Å². The van der Waals surface area contributed by atoms with E-state index >= 15 is 0 Å². The molecule has 0 aliphatic rings. The van der Waals surface area contributed by atoms with Crippen molar-refractivity contribution in [2.24, 2.45) is 0 Å². The van der Waals surface area contributed by atoms with Crippen LogP contribution in [0.4, 0.5) is 5.69 Å². The molecular formula is C31H39N3O4S. The standard InChI is InChI=1S/C31H39N3O4S/c1-22(2)32-31(36)29(19-26-13-8-7-9-14-26)33(20-27-15-11-10-12-24(27)4)30(35)21-34(39(6,37)38)28-18-23(3)16-17-25(28)5/h7-18,22,29H,19-21H2,1-6H3,(H,32,36)/t29-/m0/s1. The molecule has 0 aliphatic heterocycles. The van der Waals surface area contributed by atoms with Crippen LogP contribution >= 0.6 is 0 Å². The van der Waals surface area contributed by atoms with E-state index < -0.39 is 28.5 Å². The van der Waals surface area contributed by atoms with Gasteiger partial charge in [0.05, 0.1) is 11.9 Å². The van der Waals surface area contributed by atoms with Gasteiger partial charge < -0.3 is 10.2 Å². The highest BCUT2D eigenvalue weighted by molar-refractivity contribution is 7.92. The molecule has 208 valence electrons. The summed E-state index contributed by atoms with van der Waals surface area (Å²) in [5, 5.41) is 2.97. The number of sulfonamides is 1.